The molecule has 1 rings (SSSR count). The van der Waals surface area contributed by atoms with E-state index in [0.29, 0.717) is 23.9 Å². The molecule has 4 unspecified atom stereocenters. The summed E-state index contributed by atoms with van der Waals surface area (Å²) < 4.78 is 23.4. The van der Waals surface area contributed by atoms with Crippen LogP contribution in [-0.4, -0.2) is 32.0 Å². The Bertz CT molecular complexity index is 351. The minimum Gasteiger partial charge on any atom is -0.312 e. The molecule has 1 aliphatic rings. The van der Waals surface area contributed by atoms with Gasteiger partial charge in [0.05, 0.1) is 5.25 Å². The van der Waals surface area contributed by atoms with E-state index in [4.69, 9.17) is 0 Å². The lowest BCUT2D eigenvalue weighted by molar-refractivity contribution is 0.214. The first kappa shape index (κ1) is 16.0. The second kappa shape index (κ2) is 6.38. The zero-order chi connectivity index (χ0) is 13.9. The highest BCUT2D eigenvalue weighted by Crippen LogP contribution is 2.34. The van der Waals surface area contributed by atoms with E-state index in [-0.39, 0.29) is 5.25 Å². The van der Waals surface area contributed by atoms with Crippen LogP contribution in [0.15, 0.2) is 0 Å². The highest BCUT2D eigenvalue weighted by Gasteiger charge is 2.33. The average molecular weight is 275 g/mol. The molecular weight excluding hydrogens is 246 g/mol. The summed E-state index contributed by atoms with van der Waals surface area (Å²) in [7, 11) is -2.86. The van der Waals surface area contributed by atoms with Crippen molar-refractivity contribution in [2.75, 3.05) is 6.26 Å². The Morgan fingerprint density at radius 1 is 1.11 bits per heavy atom. The van der Waals surface area contributed by atoms with Crippen LogP contribution in [0.5, 0.6) is 0 Å². The van der Waals surface area contributed by atoms with Crippen LogP contribution in [0.3, 0.4) is 0 Å². The minimum absolute atomic E-state index is 0.107. The molecule has 1 fully saturated rings. The normalized spacial score (nSPS) is 29.2. The van der Waals surface area contributed by atoms with E-state index in [9.17, 15) is 8.42 Å². The fourth-order valence-electron chi connectivity index (χ4n) is 3.13. The first-order valence-corrected chi connectivity index (χ1v) is 9.12. The van der Waals surface area contributed by atoms with Gasteiger partial charge >= 0.3 is 0 Å². The first-order valence-electron chi connectivity index (χ1n) is 7.16. The lowest BCUT2D eigenvalue weighted by atomic mass is 9.77. The third-order valence-corrected chi connectivity index (χ3v) is 6.04. The van der Waals surface area contributed by atoms with Gasteiger partial charge in [0.1, 0.15) is 9.84 Å². The summed E-state index contributed by atoms with van der Waals surface area (Å²) in [5, 5.41) is 3.44. The zero-order valence-corrected chi connectivity index (χ0v) is 13.3. The van der Waals surface area contributed by atoms with Crippen molar-refractivity contribution in [3.8, 4) is 0 Å². The summed E-state index contributed by atoms with van der Waals surface area (Å²) in [6.45, 7) is 8.79. The van der Waals surface area contributed by atoms with Gasteiger partial charge in [0, 0.05) is 18.3 Å². The number of hydrogen-bond donors (Lipinski definition) is 1. The molecule has 1 aliphatic carbocycles. The molecule has 18 heavy (non-hydrogen) atoms. The maximum atomic E-state index is 11.7. The Morgan fingerprint density at radius 3 is 2.22 bits per heavy atom. The van der Waals surface area contributed by atoms with Crippen molar-refractivity contribution < 1.29 is 8.42 Å². The van der Waals surface area contributed by atoms with Crippen LogP contribution in [-0.2, 0) is 9.84 Å². The second-order valence-corrected chi connectivity index (χ2v) is 8.67. The van der Waals surface area contributed by atoms with Crippen molar-refractivity contribution in [2.24, 2.45) is 11.8 Å². The smallest absolute Gasteiger partial charge is 0.150 e. The van der Waals surface area contributed by atoms with Gasteiger partial charge < -0.3 is 5.32 Å². The molecule has 0 aromatic rings. The van der Waals surface area contributed by atoms with Crippen molar-refractivity contribution in [3.63, 3.8) is 0 Å². The molecule has 0 spiro atoms. The predicted molar refractivity (Wildman–Crippen MR) is 77.5 cm³/mol. The molecule has 1 N–H and O–H groups in total. The molecule has 3 nitrogen and oxygen atoms in total. The van der Waals surface area contributed by atoms with Gasteiger partial charge in [-0.2, -0.15) is 0 Å². The molecule has 0 aromatic heterocycles. The standard InChI is InChI=1S/C14H29NO2S/c1-10(2)15-12(4)11(3)13-7-6-8-14(9-13)18(5,16)17/h10-15H,6-9H2,1-5H3. The Balaban J connectivity index is 2.61. The lowest BCUT2D eigenvalue weighted by Gasteiger charge is -2.36. The molecule has 0 saturated heterocycles. The summed E-state index contributed by atoms with van der Waals surface area (Å²) in [6.07, 6.45) is 5.33. The molecule has 4 atom stereocenters. The van der Waals surface area contributed by atoms with Crippen molar-refractivity contribution >= 4 is 9.84 Å². The van der Waals surface area contributed by atoms with Crippen molar-refractivity contribution in [2.45, 2.75) is 70.7 Å². The Hall–Kier alpha value is -0.0900. The zero-order valence-electron chi connectivity index (χ0n) is 12.4. The predicted octanol–water partition coefficient (Wildman–Crippen LogP) is 2.61. The molecular formula is C14H29NO2S. The fourth-order valence-corrected chi connectivity index (χ4v) is 4.32. The SMILES string of the molecule is CC(C)NC(C)C(C)C1CCCC(S(C)(=O)=O)C1. The van der Waals surface area contributed by atoms with Gasteiger partial charge in [-0.05, 0) is 31.6 Å². The van der Waals surface area contributed by atoms with Crippen molar-refractivity contribution in [1.82, 2.24) is 5.32 Å². The highest BCUT2D eigenvalue weighted by atomic mass is 32.2. The Morgan fingerprint density at radius 2 is 1.72 bits per heavy atom. The monoisotopic (exact) mass is 275 g/mol. The Kier molecular flexibility index (Phi) is 5.66. The summed E-state index contributed by atoms with van der Waals surface area (Å²) >= 11 is 0. The van der Waals surface area contributed by atoms with E-state index in [2.05, 4.69) is 33.0 Å². The van der Waals surface area contributed by atoms with Gasteiger partial charge in [-0.1, -0.05) is 33.6 Å². The van der Waals surface area contributed by atoms with E-state index >= 15 is 0 Å². The third kappa shape index (κ3) is 4.54. The summed E-state index contributed by atoms with van der Waals surface area (Å²) in [5.74, 6) is 1.08. The van der Waals surface area contributed by atoms with E-state index < -0.39 is 9.84 Å². The number of nitrogens with one attached hydrogen (secondary N) is 1. The van der Waals surface area contributed by atoms with Crippen LogP contribution in [0, 0.1) is 11.8 Å². The molecule has 0 heterocycles. The van der Waals surface area contributed by atoms with E-state index in [1.54, 1.807) is 0 Å². The molecule has 4 heteroatoms. The first-order chi connectivity index (χ1) is 8.21. The number of sulfone groups is 1. The van der Waals surface area contributed by atoms with E-state index in [1.807, 2.05) is 0 Å². The second-order valence-electron chi connectivity index (χ2n) is 6.35. The van der Waals surface area contributed by atoms with Crippen LogP contribution < -0.4 is 5.32 Å². The maximum Gasteiger partial charge on any atom is 0.150 e. The Labute approximate surface area is 113 Å². The van der Waals surface area contributed by atoms with Crippen LogP contribution in [0.2, 0.25) is 0 Å². The topological polar surface area (TPSA) is 46.2 Å². The van der Waals surface area contributed by atoms with Crippen LogP contribution in [0.1, 0.15) is 53.4 Å². The van der Waals surface area contributed by atoms with Crippen LogP contribution in [0.4, 0.5) is 0 Å². The maximum absolute atomic E-state index is 11.7. The van der Waals surface area contributed by atoms with E-state index in [0.717, 1.165) is 19.3 Å². The summed E-state index contributed by atoms with van der Waals surface area (Å²) in [5.41, 5.74) is 0. The minimum atomic E-state index is -2.86. The molecule has 108 valence electrons. The van der Waals surface area contributed by atoms with E-state index in [1.165, 1.54) is 12.7 Å². The van der Waals surface area contributed by atoms with Gasteiger partial charge in [0.25, 0.3) is 0 Å². The lowest BCUT2D eigenvalue weighted by Crippen LogP contribution is -2.42. The molecule has 0 bridgehead atoms. The number of rotatable bonds is 5. The largest absolute Gasteiger partial charge is 0.312 e. The van der Waals surface area contributed by atoms with Crippen molar-refractivity contribution in [3.05, 3.63) is 0 Å². The van der Waals surface area contributed by atoms with Gasteiger partial charge in [0.2, 0.25) is 0 Å². The molecule has 0 aromatic carbocycles. The molecule has 0 amide bonds. The van der Waals surface area contributed by atoms with Gasteiger partial charge in [-0.3, -0.25) is 0 Å². The van der Waals surface area contributed by atoms with Crippen molar-refractivity contribution in [1.29, 1.82) is 0 Å². The number of hydrogen-bond acceptors (Lipinski definition) is 3. The molecule has 1 saturated carbocycles. The highest BCUT2D eigenvalue weighted by molar-refractivity contribution is 7.91. The third-order valence-electron chi connectivity index (χ3n) is 4.40. The summed E-state index contributed by atoms with van der Waals surface area (Å²) in [4.78, 5) is 0. The molecule has 0 radical (unpaired) electrons. The molecule has 0 aliphatic heterocycles. The van der Waals surface area contributed by atoms with Gasteiger partial charge in [-0.25, -0.2) is 8.42 Å². The van der Waals surface area contributed by atoms with Crippen LogP contribution >= 0.6 is 0 Å². The van der Waals surface area contributed by atoms with Gasteiger partial charge in [0.15, 0.2) is 0 Å². The average Bonchev–Trinajstić information content (AvgIpc) is 2.26. The fraction of sp³-hybridized carbons (Fsp3) is 1.00. The van der Waals surface area contributed by atoms with Gasteiger partial charge in [-0.15, -0.1) is 0 Å². The summed E-state index contributed by atoms with van der Waals surface area (Å²) in [6, 6.07) is 0.935. The van der Waals surface area contributed by atoms with Crippen LogP contribution in [0.25, 0.3) is 0 Å². The quantitative estimate of drug-likeness (QED) is 0.839.